The number of hydrogen-bond acceptors (Lipinski definition) is 3. The van der Waals surface area contributed by atoms with Crippen LogP contribution in [-0.4, -0.2) is 15.2 Å². The second-order valence-corrected chi connectivity index (χ2v) is 6.74. The number of rotatable bonds is 5. The first-order valence-electron chi connectivity index (χ1n) is 6.02. The average Bonchev–Trinajstić information content (AvgIpc) is 3.14. The lowest BCUT2D eigenvalue weighted by Gasteiger charge is -2.09. The fraction of sp³-hybridized carbons (Fsp3) is 0.667. The topological polar surface area (TPSA) is 45.8 Å². The summed E-state index contributed by atoms with van der Waals surface area (Å²) in [6.45, 7) is 4.37. The minimum Gasteiger partial charge on any atom is -0.309 e. The normalized spacial score (nSPS) is 17.1. The molecular weight excluding hydrogens is 300 g/mol. The Morgan fingerprint density at radius 3 is 2.88 bits per heavy atom. The van der Waals surface area contributed by atoms with Crippen LogP contribution in [0.5, 0.6) is 0 Å². The van der Waals surface area contributed by atoms with Crippen LogP contribution in [0, 0.1) is 0 Å². The number of halogens is 1. The molecule has 1 aromatic rings. The summed E-state index contributed by atoms with van der Waals surface area (Å²) in [6, 6.07) is 0. The SMILES string of the molecule is CCC(C)SCc1nc(C2CC2)c(Br)c(=O)[nH]1. The Bertz CT molecular complexity index is 456. The van der Waals surface area contributed by atoms with E-state index < -0.39 is 0 Å². The number of H-pyrrole nitrogens is 1. The van der Waals surface area contributed by atoms with E-state index in [9.17, 15) is 4.79 Å². The van der Waals surface area contributed by atoms with Gasteiger partial charge in [0.25, 0.3) is 5.56 Å². The fourth-order valence-electron chi connectivity index (χ4n) is 1.56. The molecule has 0 aromatic carbocycles. The van der Waals surface area contributed by atoms with Crippen molar-refractivity contribution in [2.45, 2.75) is 50.0 Å². The van der Waals surface area contributed by atoms with Gasteiger partial charge in [-0.2, -0.15) is 11.8 Å². The predicted octanol–water partition coefficient (Wildman–Crippen LogP) is 3.44. The van der Waals surface area contributed by atoms with Gasteiger partial charge >= 0.3 is 0 Å². The second kappa shape index (κ2) is 5.57. The molecule has 0 bridgehead atoms. The smallest absolute Gasteiger partial charge is 0.265 e. The molecule has 94 valence electrons. The Morgan fingerprint density at radius 2 is 2.29 bits per heavy atom. The highest BCUT2D eigenvalue weighted by molar-refractivity contribution is 9.10. The molecule has 1 aromatic heterocycles. The van der Waals surface area contributed by atoms with Gasteiger partial charge in [0, 0.05) is 11.2 Å². The second-order valence-electron chi connectivity index (χ2n) is 4.52. The number of thioether (sulfide) groups is 1. The highest BCUT2D eigenvalue weighted by Crippen LogP contribution is 2.41. The molecular formula is C12H17BrN2OS. The first kappa shape index (κ1) is 13.1. The molecule has 5 heteroatoms. The molecule has 1 atom stereocenters. The van der Waals surface area contributed by atoms with E-state index in [0.29, 0.717) is 15.6 Å². The van der Waals surface area contributed by atoms with Crippen LogP contribution in [0.2, 0.25) is 0 Å². The van der Waals surface area contributed by atoms with Gasteiger partial charge in [0.15, 0.2) is 0 Å². The van der Waals surface area contributed by atoms with Gasteiger partial charge in [0.05, 0.1) is 11.4 Å². The highest BCUT2D eigenvalue weighted by atomic mass is 79.9. The minimum atomic E-state index is -0.0401. The number of aromatic amines is 1. The average molecular weight is 317 g/mol. The Morgan fingerprint density at radius 1 is 1.59 bits per heavy atom. The lowest BCUT2D eigenvalue weighted by Crippen LogP contribution is -2.15. The zero-order valence-corrected chi connectivity index (χ0v) is 12.5. The summed E-state index contributed by atoms with van der Waals surface area (Å²) >= 11 is 5.17. The van der Waals surface area contributed by atoms with Crippen LogP contribution in [-0.2, 0) is 5.75 Å². The van der Waals surface area contributed by atoms with E-state index in [4.69, 9.17) is 0 Å². The van der Waals surface area contributed by atoms with Crippen LogP contribution in [0.1, 0.15) is 50.5 Å². The van der Waals surface area contributed by atoms with Crippen LogP contribution in [0.4, 0.5) is 0 Å². The number of aromatic nitrogens is 2. The van der Waals surface area contributed by atoms with E-state index in [2.05, 4.69) is 39.7 Å². The third-order valence-electron chi connectivity index (χ3n) is 2.98. The van der Waals surface area contributed by atoms with Crippen LogP contribution < -0.4 is 5.56 Å². The van der Waals surface area contributed by atoms with Crippen molar-refractivity contribution in [3.05, 3.63) is 26.3 Å². The van der Waals surface area contributed by atoms with Crippen LogP contribution in [0.15, 0.2) is 9.27 Å². The monoisotopic (exact) mass is 316 g/mol. The van der Waals surface area contributed by atoms with E-state index in [1.165, 1.54) is 0 Å². The van der Waals surface area contributed by atoms with E-state index in [0.717, 1.165) is 36.5 Å². The van der Waals surface area contributed by atoms with Gasteiger partial charge in [-0.05, 0) is 35.2 Å². The lowest BCUT2D eigenvalue weighted by molar-refractivity contribution is 0.882. The summed E-state index contributed by atoms with van der Waals surface area (Å²) in [5.74, 6) is 2.10. The molecule has 0 aliphatic heterocycles. The fourth-order valence-corrected chi connectivity index (χ4v) is 2.89. The van der Waals surface area contributed by atoms with Crippen molar-refractivity contribution in [1.82, 2.24) is 9.97 Å². The Labute approximate surface area is 114 Å². The van der Waals surface area contributed by atoms with E-state index in [-0.39, 0.29) is 5.56 Å². The quantitative estimate of drug-likeness (QED) is 0.905. The van der Waals surface area contributed by atoms with Crippen molar-refractivity contribution in [3.63, 3.8) is 0 Å². The molecule has 1 N–H and O–H groups in total. The van der Waals surface area contributed by atoms with E-state index in [1.807, 2.05) is 11.8 Å². The van der Waals surface area contributed by atoms with Gasteiger partial charge in [-0.1, -0.05) is 13.8 Å². The molecule has 1 fully saturated rings. The van der Waals surface area contributed by atoms with Crippen molar-refractivity contribution in [1.29, 1.82) is 0 Å². The molecule has 0 amide bonds. The van der Waals surface area contributed by atoms with Crippen LogP contribution in [0.25, 0.3) is 0 Å². The lowest BCUT2D eigenvalue weighted by atomic mass is 10.3. The maximum atomic E-state index is 11.8. The zero-order valence-electron chi connectivity index (χ0n) is 10.1. The van der Waals surface area contributed by atoms with E-state index in [1.54, 1.807) is 0 Å². The van der Waals surface area contributed by atoms with Crippen LogP contribution >= 0.6 is 27.7 Å². The third kappa shape index (κ3) is 3.35. The maximum absolute atomic E-state index is 11.8. The minimum absolute atomic E-state index is 0.0401. The summed E-state index contributed by atoms with van der Waals surface area (Å²) in [4.78, 5) is 19.2. The number of hydrogen-bond donors (Lipinski definition) is 1. The molecule has 1 saturated carbocycles. The molecule has 1 heterocycles. The summed E-state index contributed by atoms with van der Waals surface area (Å²) in [5.41, 5.74) is 0.912. The van der Waals surface area contributed by atoms with Gasteiger partial charge in [0.1, 0.15) is 10.3 Å². The van der Waals surface area contributed by atoms with Gasteiger partial charge in [-0.15, -0.1) is 0 Å². The van der Waals surface area contributed by atoms with Crippen molar-refractivity contribution < 1.29 is 0 Å². The molecule has 1 unspecified atom stereocenters. The molecule has 3 nitrogen and oxygen atoms in total. The molecule has 0 spiro atoms. The summed E-state index contributed by atoms with van der Waals surface area (Å²) in [7, 11) is 0. The van der Waals surface area contributed by atoms with Gasteiger partial charge in [-0.3, -0.25) is 4.79 Å². The largest absolute Gasteiger partial charge is 0.309 e. The molecule has 17 heavy (non-hydrogen) atoms. The predicted molar refractivity (Wildman–Crippen MR) is 75.6 cm³/mol. The van der Waals surface area contributed by atoms with Gasteiger partial charge < -0.3 is 4.98 Å². The zero-order chi connectivity index (χ0) is 12.4. The standard InChI is InChI=1S/C12H17BrN2OS/c1-3-7(2)17-6-9-14-11(8-4-5-8)10(13)12(16)15-9/h7-8H,3-6H2,1-2H3,(H,14,15,16). The van der Waals surface area contributed by atoms with Crippen molar-refractivity contribution in [2.75, 3.05) is 0 Å². The molecule has 1 aliphatic rings. The molecule has 0 saturated heterocycles. The van der Waals surface area contributed by atoms with Crippen molar-refractivity contribution >= 4 is 27.7 Å². The Hall–Kier alpha value is -0.290. The molecule has 1 aliphatic carbocycles. The Balaban J connectivity index is 2.15. The highest BCUT2D eigenvalue weighted by Gasteiger charge is 2.28. The summed E-state index contributed by atoms with van der Waals surface area (Å²) < 4.78 is 0.622. The maximum Gasteiger partial charge on any atom is 0.265 e. The third-order valence-corrected chi connectivity index (χ3v) is 5.09. The first-order valence-corrected chi connectivity index (χ1v) is 7.86. The van der Waals surface area contributed by atoms with Gasteiger partial charge in [0.2, 0.25) is 0 Å². The van der Waals surface area contributed by atoms with Crippen molar-refractivity contribution in [3.8, 4) is 0 Å². The first-order chi connectivity index (χ1) is 8.11. The number of nitrogens with one attached hydrogen (secondary N) is 1. The molecule has 2 rings (SSSR count). The molecule has 0 radical (unpaired) electrons. The van der Waals surface area contributed by atoms with Gasteiger partial charge in [-0.25, -0.2) is 4.98 Å². The van der Waals surface area contributed by atoms with Crippen LogP contribution in [0.3, 0.4) is 0 Å². The number of nitrogens with zero attached hydrogens (tertiary/aromatic N) is 1. The summed E-state index contributed by atoms with van der Waals surface area (Å²) in [6.07, 6.45) is 3.46. The van der Waals surface area contributed by atoms with Crippen molar-refractivity contribution in [2.24, 2.45) is 0 Å². The van der Waals surface area contributed by atoms with E-state index >= 15 is 0 Å². The Kier molecular flexibility index (Phi) is 4.31. The summed E-state index contributed by atoms with van der Waals surface area (Å²) in [5, 5.41) is 0.605.